The Balaban J connectivity index is 1.69. The van der Waals surface area contributed by atoms with Crippen LogP contribution in [0.2, 0.25) is 5.02 Å². The molecule has 4 heterocycles. The molecule has 1 aliphatic heterocycles. The van der Waals surface area contributed by atoms with Crippen LogP contribution in [0.4, 0.5) is 10.2 Å². The molecule has 10 heteroatoms. The van der Waals surface area contributed by atoms with Crippen molar-refractivity contribution in [3.05, 3.63) is 67.9 Å². The Morgan fingerprint density at radius 2 is 2.12 bits per heavy atom. The zero-order chi connectivity index (χ0) is 22.4. The SMILES string of the molecule is Cc1nc2cc(N3CCOC(c4nccs4)C3)nc(-c3ccc(Cl)cc3F)c2c(=O)n1C. The van der Waals surface area contributed by atoms with Gasteiger partial charge in [0, 0.05) is 41.8 Å². The van der Waals surface area contributed by atoms with Crippen LogP contribution in [0.1, 0.15) is 16.9 Å². The van der Waals surface area contributed by atoms with Gasteiger partial charge in [0.05, 0.1) is 29.7 Å². The number of aromatic nitrogens is 4. The molecule has 1 fully saturated rings. The number of nitrogens with zero attached hydrogens (tertiary/aromatic N) is 5. The number of pyridine rings is 1. The molecule has 0 radical (unpaired) electrons. The lowest BCUT2D eigenvalue weighted by atomic mass is 10.1. The summed E-state index contributed by atoms with van der Waals surface area (Å²) in [5.74, 6) is 0.616. The number of benzene rings is 1. The third-order valence-electron chi connectivity index (χ3n) is 5.57. The van der Waals surface area contributed by atoms with E-state index in [1.54, 1.807) is 38.4 Å². The average molecular weight is 472 g/mol. The molecule has 164 valence electrons. The Bertz CT molecular complexity index is 1380. The summed E-state index contributed by atoms with van der Waals surface area (Å²) in [6.07, 6.45) is 1.57. The predicted octanol–water partition coefficient (Wildman–Crippen LogP) is 4.13. The Morgan fingerprint density at radius 3 is 2.88 bits per heavy atom. The second kappa shape index (κ2) is 8.23. The lowest BCUT2D eigenvalue weighted by Crippen LogP contribution is -2.39. The van der Waals surface area contributed by atoms with Crippen molar-refractivity contribution in [2.24, 2.45) is 7.05 Å². The molecule has 1 aliphatic rings. The minimum Gasteiger partial charge on any atom is -0.367 e. The largest absolute Gasteiger partial charge is 0.367 e. The van der Waals surface area contributed by atoms with Gasteiger partial charge in [0.1, 0.15) is 28.6 Å². The van der Waals surface area contributed by atoms with Crippen LogP contribution in [0.5, 0.6) is 0 Å². The third-order valence-corrected chi connectivity index (χ3v) is 6.68. The van der Waals surface area contributed by atoms with Crippen LogP contribution in [0, 0.1) is 12.7 Å². The zero-order valence-electron chi connectivity index (χ0n) is 17.4. The minimum atomic E-state index is -0.547. The molecule has 1 unspecified atom stereocenters. The highest BCUT2D eigenvalue weighted by atomic mass is 35.5. The summed E-state index contributed by atoms with van der Waals surface area (Å²) >= 11 is 7.49. The van der Waals surface area contributed by atoms with Crippen LogP contribution in [-0.4, -0.2) is 39.2 Å². The summed E-state index contributed by atoms with van der Waals surface area (Å²) < 4.78 is 22.2. The molecule has 0 saturated carbocycles. The van der Waals surface area contributed by atoms with Crippen molar-refractivity contribution < 1.29 is 9.13 Å². The first-order chi connectivity index (χ1) is 15.4. The summed E-state index contributed by atoms with van der Waals surface area (Å²) in [6, 6.07) is 6.13. The molecule has 3 aromatic heterocycles. The van der Waals surface area contributed by atoms with Gasteiger partial charge in [0.25, 0.3) is 5.56 Å². The lowest BCUT2D eigenvalue weighted by Gasteiger charge is -2.33. The molecule has 0 amide bonds. The van der Waals surface area contributed by atoms with Gasteiger partial charge >= 0.3 is 0 Å². The molecule has 7 nitrogen and oxygen atoms in total. The van der Waals surface area contributed by atoms with Gasteiger partial charge in [-0.25, -0.2) is 19.3 Å². The van der Waals surface area contributed by atoms with E-state index in [0.29, 0.717) is 36.9 Å². The fourth-order valence-corrected chi connectivity index (χ4v) is 4.66. The van der Waals surface area contributed by atoms with Crippen LogP contribution in [0.3, 0.4) is 0 Å². The smallest absolute Gasteiger partial charge is 0.263 e. The van der Waals surface area contributed by atoms with Crippen LogP contribution >= 0.6 is 22.9 Å². The van der Waals surface area contributed by atoms with Crippen molar-refractivity contribution in [3.63, 3.8) is 0 Å². The minimum absolute atomic E-state index is 0.185. The van der Waals surface area contributed by atoms with Gasteiger partial charge < -0.3 is 9.64 Å². The molecular weight excluding hydrogens is 453 g/mol. The van der Waals surface area contributed by atoms with E-state index >= 15 is 0 Å². The van der Waals surface area contributed by atoms with Crippen LogP contribution < -0.4 is 10.5 Å². The second-order valence-corrected chi connectivity index (χ2v) is 8.91. The molecule has 1 saturated heterocycles. The van der Waals surface area contributed by atoms with E-state index in [9.17, 15) is 9.18 Å². The maximum Gasteiger partial charge on any atom is 0.263 e. The molecule has 0 N–H and O–H groups in total. The maximum absolute atomic E-state index is 14.9. The van der Waals surface area contributed by atoms with Crippen molar-refractivity contribution in [2.75, 3.05) is 24.6 Å². The van der Waals surface area contributed by atoms with Crippen LogP contribution in [0.15, 0.2) is 40.6 Å². The summed E-state index contributed by atoms with van der Waals surface area (Å²) in [7, 11) is 1.64. The number of thiazole rings is 1. The van der Waals surface area contributed by atoms with Crippen molar-refractivity contribution in [3.8, 4) is 11.3 Å². The Kier molecular flexibility index (Phi) is 5.40. The first-order valence-electron chi connectivity index (χ1n) is 10.0. The van der Waals surface area contributed by atoms with Gasteiger partial charge in [-0.2, -0.15) is 0 Å². The van der Waals surface area contributed by atoms with Gasteiger partial charge in [-0.3, -0.25) is 9.36 Å². The van der Waals surface area contributed by atoms with Gasteiger partial charge in [0.15, 0.2) is 0 Å². The normalized spacial score (nSPS) is 16.6. The highest BCUT2D eigenvalue weighted by Gasteiger charge is 2.27. The number of anilines is 1. The summed E-state index contributed by atoms with van der Waals surface area (Å²) in [5.41, 5.74) is 0.640. The van der Waals surface area contributed by atoms with E-state index in [1.165, 1.54) is 22.0 Å². The quantitative estimate of drug-likeness (QED) is 0.447. The Hall–Kier alpha value is -2.88. The number of hydrogen-bond acceptors (Lipinski definition) is 7. The predicted molar refractivity (Wildman–Crippen MR) is 123 cm³/mol. The second-order valence-electron chi connectivity index (χ2n) is 7.55. The summed E-state index contributed by atoms with van der Waals surface area (Å²) in [4.78, 5) is 28.9. The summed E-state index contributed by atoms with van der Waals surface area (Å²) in [6.45, 7) is 3.40. The number of aryl methyl sites for hydroxylation is 1. The first kappa shape index (κ1) is 21.0. The molecule has 0 spiro atoms. The van der Waals surface area contributed by atoms with Crippen molar-refractivity contribution in [1.82, 2.24) is 19.5 Å². The highest BCUT2D eigenvalue weighted by molar-refractivity contribution is 7.09. The molecule has 32 heavy (non-hydrogen) atoms. The van der Waals surface area contributed by atoms with Gasteiger partial charge in [-0.05, 0) is 25.1 Å². The van der Waals surface area contributed by atoms with E-state index in [1.807, 2.05) is 5.38 Å². The number of fused-ring (bicyclic) bond motifs is 1. The molecule has 1 atom stereocenters. The third kappa shape index (κ3) is 3.66. The number of ether oxygens (including phenoxy) is 1. The van der Waals surface area contributed by atoms with Crippen molar-refractivity contribution in [2.45, 2.75) is 13.0 Å². The molecule has 1 aromatic carbocycles. The van der Waals surface area contributed by atoms with E-state index in [4.69, 9.17) is 21.3 Å². The van der Waals surface area contributed by atoms with Gasteiger partial charge in [-0.1, -0.05) is 11.6 Å². The fourth-order valence-electron chi connectivity index (χ4n) is 3.82. The Morgan fingerprint density at radius 1 is 1.28 bits per heavy atom. The van der Waals surface area contributed by atoms with Gasteiger partial charge in [-0.15, -0.1) is 11.3 Å². The zero-order valence-corrected chi connectivity index (χ0v) is 19.0. The Labute approximate surface area is 192 Å². The van der Waals surface area contributed by atoms with Crippen molar-refractivity contribution >= 4 is 39.7 Å². The van der Waals surface area contributed by atoms with Crippen LogP contribution in [-0.2, 0) is 11.8 Å². The number of morpholine rings is 1. The van der Waals surface area contributed by atoms with E-state index < -0.39 is 5.82 Å². The van der Waals surface area contributed by atoms with Crippen LogP contribution in [0.25, 0.3) is 22.2 Å². The molecule has 0 aliphatic carbocycles. The summed E-state index contributed by atoms with van der Waals surface area (Å²) in [5, 5.41) is 3.35. The fraction of sp³-hybridized carbons (Fsp3) is 0.273. The number of rotatable bonds is 3. The molecule has 4 aromatic rings. The lowest BCUT2D eigenvalue weighted by molar-refractivity contribution is 0.0394. The van der Waals surface area contributed by atoms with Gasteiger partial charge in [0.2, 0.25) is 0 Å². The molecule has 5 rings (SSSR count). The molecule has 0 bridgehead atoms. The van der Waals surface area contributed by atoms with E-state index in [0.717, 1.165) is 5.01 Å². The topological polar surface area (TPSA) is 73.1 Å². The molecular formula is C22H19ClFN5O2S. The first-order valence-corrected chi connectivity index (χ1v) is 11.3. The maximum atomic E-state index is 14.9. The number of halogens is 2. The monoisotopic (exact) mass is 471 g/mol. The highest BCUT2D eigenvalue weighted by Crippen LogP contribution is 2.33. The number of hydrogen-bond donors (Lipinski definition) is 0. The standard InChI is InChI=1S/C22H19ClFN5O2S/c1-12-26-16-10-18(29-6-7-31-17(11-29)21-25-5-8-32-21)27-20(19(16)22(30)28(12)2)14-4-3-13(23)9-15(14)24/h3-5,8-10,17H,6-7,11H2,1-2H3. The van der Waals surface area contributed by atoms with E-state index in [-0.39, 0.29) is 33.3 Å². The van der Waals surface area contributed by atoms with E-state index in [2.05, 4.69) is 14.9 Å². The average Bonchev–Trinajstić information content (AvgIpc) is 3.32. The van der Waals surface area contributed by atoms with Crippen molar-refractivity contribution in [1.29, 1.82) is 0 Å².